The minimum atomic E-state index is -4.24. The van der Waals surface area contributed by atoms with Gasteiger partial charge in [0, 0.05) is 0 Å². The summed E-state index contributed by atoms with van der Waals surface area (Å²) in [6.45, 7) is 10.4. The number of benzene rings is 1. The molecule has 0 atom stereocenters. The van der Waals surface area contributed by atoms with E-state index >= 15 is 0 Å². The lowest BCUT2D eigenvalue weighted by atomic mass is 10.0. The fourth-order valence-corrected chi connectivity index (χ4v) is 6.18. The van der Waals surface area contributed by atoms with Crippen molar-refractivity contribution >= 4 is 29.3 Å². The van der Waals surface area contributed by atoms with Crippen LogP contribution in [0.25, 0.3) is 0 Å². The molecule has 0 bridgehead atoms. The van der Waals surface area contributed by atoms with Crippen molar-refractivity contribution in [2.75, 3.05) is 6.35 Å². The van der Waals surface area contributed by atoms with E-state index in [-0.39, 0.29) is 15.8 Å². The maximum atomic E-state index is 12.7. The predicted octanol–water partition coefficient (Wildman–Crippen LogP) is 5.17. The normalized spacial score (nSPS) is 13.2. The number of hydrogen-bond acceptors (Lipinski definition) is 6. The van der Waals surface area contributed by atoms with Crippen molar-refractivity contribution < 1.29 is 26.2 Å². The summed E-state index contributed by atoms with van der Waals surface area (Å²) in [4.78, 5) is -0.118. The molecule has 9 heteroatoms. The van der Waals surface area contributed by atoms with Gasteiger partial charge in [-0.05, 0) is 45.2 Å². The highest BCUT2D eigenvalue weighted by molar-refractivity contribution is 7.87. The average molecular weight is 413 g/mol. The largest absolute Gasteiger partial charge is 0.358 e. The summed E-state index contributed by atoms with van der Waals surface area (Å²) in [5.41, 5.74) is 0.525. The summed E-state index contributed by atoms with van der Waals surface area (Å²) in [6.07, 6.45) is -1.54. The summed E-state index contributed by atoms with van der Waals surface area (Å²) < 4.78 is 53.7. The van der Waals surface area contributed by atoms with Crippen LogP contribution in [0.2, 0.25) is 5.02 Å². The molecule has 0 unspecified atom stereocenters. The zero-order valence-electron chi connectivity index (χ0n) is 15.4. The first-order chi connectivity index (χ1) is 11.4. The van der Waals surface area contributed by atoms with E-state index < -0.39 is 36.3 Å². The van der Waals surface area contributed by atoms with Gasteiger partial charge in [-0.1, -0.05) is 37.6 Å². The van der Waals surface area contributed by atoms with Crippen molar-refractivity contribution in [1.82, 2.24) is 0 Å². The second kappa shape index (κ2) is 8.98. The molecule has 0 radical (unpaired) electrons. The van der Waals surface area contributed by atoms with E-state index in [2.05, 4.69) is 0 Å². The summed E-state index contributed by atoms with van der Waals surface area (Å²) in [5.74, 6) is -0.0855. The van der Waals surface area contributed by atoms with Crippen molar-refractivity contribution in [2.45, 2.75) is 64.6 Å². The molecule has 0 amide bonds. The molecule has 0 heterocycles. The molecule has 0 aromatic heterocycles. The standard InChI is InChI=1S/C16H26ClO6PS/c1-11(2)14-8-7-9-15(17)16(14)25(19,20)21-10-24(18,22-12(3)4)23-13(5)6/h7-9,11-13H,10H2,1-6H3. The van der Waals surface area contributed by atoms with Gasteiger partial charge in [0.25, 0.3) is 10.1 Å². The smallest absolute Gasteiger partial charge is 0.304 e. The lowest BCUT2D eigenvalue weighted by molar-refractivity contribution is 0.129. The van der Waals surface area contributed by atoms with Crippen molar-refractivity contribution in [3.8, 4) is 0 Å². The first kappa shape index (κ1) is 22.6. The van der Waals surface area contributed by atoms with Crippen LogP contribution in [0.4, 0.5) is 0 Å². The summed E-state index contributed by atoms with van der Waals surface area (Å²) in [6, 6.07) is 4.81. The fourth-order valence-electron chi connectivity index (χ4n) is 2.16. The molecule has 1 aromatic carbocycles. The van der Waals surface area contributed by atoms with Crippen LogP contribution in [-0.2, 0) is 27.9 Å². The van der Waals surface area contributed by atoms with E-state index in [0.717, 1.165) is 0 Å². The Morgan fingerprint density at radius 1 is 1.04 bits per heavy atom. The molecule has 1 rings (SSSR count). The van der Waals surface area contributed by atoms with E-state index in [4.69, 9.17) is 24.8 Å². The fraction of sp³-hybridized carbons (Fsp3) is 0.625. The van der Waals surface area contributed by atoms with Crippen LogP contribution < -0.4 is 0 Å². The highest BCUT2D eigenvalue weighted by Crippen LogP contribution is 2.51. The third kappa shape index (κ3) is 6.66. The average Bonchev–Trinajstić information content (AvgIpc) is 2.43. The molecule has 25 heavy (non-hydrogen) atoms. The zero-order valence-corrected chi connectivity index (χ0v) is 17.8. The Balaban J connectivity index is 3.15. The molecule has 0 N–H and O–H groups in total. The Morgan fingerprint density at radius 3 is 2.00 bits per heavy atom. The van der Waals surface area contributed by atoms with E-state index in [9.17, 15) is 13.0 Å². The summed E-state index contributed by atoms with van der Waals surface area (Å²) in [5, 5.41) is 0.0515. The molecule has 0 aliphatic rings. The zero-order chi connectivity index (χ0) is 19.4. The minimum absolute atomic E-state index is 0.0515. The van der Waals surface area contributed by atoms with Crippen LogP contribution in [0.5, 0.6) is 0 Å². The molecule has 6 nitrogen and oxygen atoms in total. The molecule has 0 aliphatic carbocycles. The van der Waals surface area contributed by atoms with Gasteiger partial charge in [-0.25, -0.2) is 0 Å². The van der Waals surface area contributed by atoms with Gasteiger partial charge in [0.15, 0.2) is 6.35 Å². The maximum absolute atomic E-state index is 12.7. The third-order valence-electron chi connectivity index (χ3n) is 2.98. The number of hydrogen-bond donors (Lipinski definition) is 0. The maximum Gasteiger partial charge on any atom is 0.358 e. The highest BCUT2D eigenvalue weighted by Gasteiger charge is 2.33. The van der Waals surface area contributed by atoms with Crippen LogP contribution in [0.3, 0.4) is 0 Å². The van der Waals surface area contributed by atoms with Gasteiger partial charge >= 0.3 is 7.60 Å². The first-order valence-electron chi connectivity index (χ1n) is 8.01. The number of rotatable bonds is 9. The van der Waals surface area contributed by atoms with E-state index in [0.29, 0.717) is 5.56 Å². The Kier molecular flexibility index (Phi) is 8.12. The van der Waals surface area contributed by atoms with Crippen molar-refractivity contribution in [3.63, 3.8) is 0 Å². The van der Waals surface area contributed by atoms with Crippen LogP contribution in [0, 0.1) is 0 Å². The molecule has 0 spiro atoms. The van der Waals surface area contributed by atoms with Gasteiger partial charge in [0.2, 0.25) is 0 Å². The number of halogens is 1. The molecular weight excluding hydrogens is 387 g/mol. The second-order valence-corrected chi connectivity index (χ2v) is 10.3. The van der Waals surface area contributed by atoms with Crippen LogP contribution in [0.1, 0.15) is 53.0 Å². The molecule has 0 saturated carbocycles. The molecule has 144 valence electrons. The second-order valence-electron chi connectivity index (χ2n) is 6.43. The Morgan fingerprint density at radius 2 is 1.56 bits per heavy atom. The topological polar surface area (TPSA) is 78.9 Å². The Bertz CT molecular complexity index is 716. The van der Waals surface area contributed by atoms with Gasteiger partial charge in [-0.15, -0.1) is 0 Å². The quantitative estimate of drug-likeness (QED) is 0.411. The van der Waals surface area contributed by atoms with Gasteiger partial charge in [-0.3, -0.25) is 8.75 Å². The third-order valence-corrected chi connectivity index (χ3v) is 6.89. The van der Waals surface area contributed by atoms with E-state index in [1.54, 1.807) is 39.8 Å². The molecular formula is C16H26ClO6PS. The van der Waals surface area contributed by atoms with E-state index in [1.165, 1.54) is 6.07 Å². The molecule has 0 fully saturated rings. The van der Waals surface area contributed by atoms with Gasteiger partial charge < -0.3 is 9.05 Å². The van der Waals surface area contributed by atoms with Crippen molar-refractivity contribution in [3.05, 3.63) is 28.8 Å². The summed E-state index contributed by atoms with van der Waals surface area (Å²) >= 11 is 6.09. The monoisotopic (exact) mass is 412 g/mol. The van der Waals surface area contributed by atoms with Gasteiger partial charge in [0.05, 0.1) is 17.2 Å². The van der Waals surface area contributed by atoms with Crippen LogP contribution in [0.15, 0.2) is 23.1 Å². The molecule has 1 aromatic rings. The lowest BCUT2D eigenvalue weighted by Crippen LogP contribution is -2.16. The first-order valence-corrected chi connectivity index (χ1v) is 11.5. The van der Waals surface area contributed by atoms with Crippen molar-refractivity contribution in [1.29, 1.82) is 0 Å². The van der Waals surface area contributed by atoms with Gasteiger partial charge in [0.1, 0.15) is 4.90 Å². The SMILES string of the molecule is CC(C)OP(=O)(COS(=O)(=O)c1c(Cl)cccc1C(C)C)OC(C)C. The molecule has 0 saturated heterocycles. The summed E-state index contributed by atoms with van der Waals surface area (Å²) in [7, 11) is -7.98. The highest BCUT2D eigenvalue weighted by atomic mass is 35.5. The Labute approximate surface area is 155 Å². The predicted molar refractivity (Wildman–Crippen MR) is 98.7 cm³/mol. The lowest BCUT2D eigenvalue weighted by Gasteiger charge is -2.23. The van der Waals surface area contributed by atoms with Gasteiger partial charge in [-0.2, -0.15) is 8.42 Å². The van der Waals surface area contributed by atoms with Crippen LogP contribution >= 0.6 is 19.2 Å². The van der Waals surface area contributed by atoms with Crippen molar-refractivity contribution in [2.24, 2.45) is 0 Å². The van der Waals surface area contributed by atoms with Crippen LogP contribution in [-0.4, -0.2) is 27.0 Å². The molecule has 0 aliphatic heterocycles. The Hall–Kier alpha value is -0.430. The van der Waals surface area contributed by atoms with E-state index in [1.807, 2.05) is 13.8 Å². The minimum Gasteiger partial charge on any atom is -0.304 e.